The summed E-state index contributed by atoms with van der Waals surface area (Å²) in [6, 6.07) is 0. The fourth-order valence-electron chi connectivity index (χ4n) is 0.648. The maximum Gasteiger partial charge on any atom is 0.256 e. The quantitative estimate of drug-likeness (QED) is 0.573. The summed E-state index contributed by atoms with van der Waals surface area (Å²) in [5, 5.41) is 1.71. The Morgan fingerprint density at radius 2 is 2.40 bits per heavy atom. The van der Waals surface area contributed by atoms with Gasteiger partial charge in [0.05, 0.1) is 0 Å². The average Bonchev–Trinajstić information content (AvgIpc) is 2.19. The van der Waals surface area contributed by atoms with Crippen molar-refractivity contribution >= 4 is 29.1 Å². The molecular weight excluding hydrogens is 172 g/mol. The molecule has 56 valence electrons. The molecule has 0 aliphatic carbocycles. The number of ether oxygens (including phenoxy) is 1. The molecule has 0 saturated heterocycles. The molecule has 0 aromatic carbocycles. The molecule has 10 heavy (non-hydrogen) atoms. The summed E-state index contributed by atoms with van der Waals surface area (Å²) in [5.41, 5.74) is 0.654. The highest BCUT2D eigenvalue weighted by Gasteiger charge is 2.41. The zero-order valence-corrected chi connectivity index (χ0v) is 7.25. The van der Waals surface area contributed by atoms with E-state index in [0.717, 1.165) is 0 Å². The molecule has 0 aromatic rings. The van der Waals surface area contributed by atoms with Crippen LogP contribution in [0.3, 0.4) is 0 Å². The van der Waals surface area contributed by atoms with E-state index in [0.29, 0.717) is 5.57 Å². The summed E-state index contributed by atoms with van der Waals surface area (Å²) in [6.45, 7) is 1.72. The van der Waals surface area contributed by atoms with Crippen molar-refractivity contribution in [3.8, 4) is 0 Å². The van der Waals surface area contributed by atoms with Gasteiger partial charge < -0.3 is 4.74 Å². The normalized spacial score (nSPS) is 32.7. The first-order valence-corrected chi connectivity index (χ1v) is 3.99. The number of thioether (sulfide) groups is 1. The number of alkyl halides is 1. The Morgan fingerprint density at radius 1 is 1.80 bits per heavy atom. The van der Waals surface area contributed by atoms with Crippen molar-refractivity contribution in [3.05, 3.63) is 11.0 Å². The first kappa shape index (κ1) is 8.11. The Morgan fingerprint density at radius 3 is 2.60 bits per heavy atom. The molecule has 1 heterocycles. The summed E-state index contributed by atoms with van der Waals surface area (Å²) in [6.07, 6.45) is 0. The van der Waals surface area contributed by atoms with E-state index < -0.39 is 4.39 Å². The summed E-state index contributed by atoms with van der Waals surface area (Å²) in [7, 11) is 1.42. The molecule has 1 atom stereocenters. The van der Waals surface area contributed by atoms with Crippen molar-refractivity contribution in [1.82, 2.24) is 0 Å². The van der Waals surface area contributed by atoms with Crippen LogP contribution in [-0.4, -0.2) is 17.3 Å². The first-order valence-electron chi connectivity index (χ1n) is 2.73. The number of ketones is 1. The van der Waals surface area contributed by atoms with Gasteiger partial charge in [0.2, 0.25) is 5.78 Å². The Kier molecular flexibility index (Phi) is 2.08. The number of halogens is 1. The fraction of sp³-hybridized carbons (Fsp3) is 0.500. The maximum atomic E-state index is 11.1. The minimum atomic E-state index is -1.18. The molecular formula is C6H7ClO2S. The van der Waals surface area contributed by atoms with E-state index in [1.165, 1.54) is 18.9 Å². The van der Waals surface area contributed by atoms with Crippen LogP contribution >= 0.6 is 23.4 Å². The standard InChI is InChI=1S/C6H7ClO2S/c1-4-3-10-6(7,9-2)5(4)8/h3H,1-2H3. The molecule has 1 unspecified atom stereocenters. The molecule has 0 fully saturated rings. The van der Waals surface area contributed by atoms with Gasteiger partial charge in [-0.15, -0.1) is 0 Å². The molecule has 1 rings (SSSR count). The number of methoxy groups -OCH3 is 1. The van der Waals surface area contributed by atoms with Crippen molar-refractivity contribution in [2.75, 3.05) is 7.11 Å². The lowest BCUT2D eigenvalue weighted by Crippen LogP contribution is -2.27. The summed E-state index contributed by atoms with van der Waals surface area (Å²) in [4.78, 5) is 11.1. The van der Waals surface area contributed by atoms with Crippen LogP contribution < -0.4 is 0 Å². The van der Waals surface area contributed by atoms with Gasteiger partial charge in [-0.05, 0) is 12.3 Å². The van der Waals surface area contributed by atoms with Crippen LogP contribution in [-0.2, 0) is 9.53 Å². The molecule has 1 aliphatic heterocycles. The third-order valence-electron chi connectivity index (χ3n) is 1.28. The maximum absolute atomic E-state index is 11.1. The van der Waals surface area contributed by atoms with Gasteiger partial charge in [0.1, 0.15) is 0 Å². The molecule has 0 spiro atoms. The van der Waals surface area contributed by atoms with Gasteiger partial charge in [-0.2, -0.15) is 0 Å². The Hall–Kier alpha value is 0.01000. The molecule has 0 N–H and O–H groups in total. The van der Waals surface area contributed by atoms with E-state index in [1.54, 1.807) is 12.3 Å². The number of Topliss-reactive ketones (excluding diaryl/α,β-unsaturated/α-hetero) is 1. The van der Waals surface area contributed by atoms with Crippen LogP contribution in [0.5, 0.6) is 0 Å². The van der Waals surface area contributed by atoms with E-state index in [2.05, 4.69) is 0 Å². The Labute approximate surface area is 68.6 Å². The molecule has 2 nitrogen and oxygen atoms in total. The summed E-state index contributed by atoms with van der Waals surface area (Å²) in [5.74, 6) is -0.151. The number of hydrogen-bond donors (Lipinski definition) is 0. The SMILES string of the molecule is COC1(Cl)SC=C(C)C1=O. The number of hydrogen-bond acceptors (Lipinski definition) is 3. The second-order valence-corrected chi connectivity index (χ2v) is 3.79. The van der Waals surface area contributed by atoms with Crippen molar-refractivity contribution in [3.63, 3.8) is 0 Å². The third-order valence-corrected chi connectivity index (χ3v) is 3.00. The van der Waals surface area contributed by atoms with Gasteiger partial charge in [0.15, 0.2) is 0 Å². The molecule has 0 saturated carbocycles. The smallest absolute Gasteiger partial charge is 0.256 e. The number of carbonyl (C=O) groups is 1. The summed E-state index contributed by atoms with van der Waals surface area (Å²) < 4.78 is 3.63. The number of rotatable bonds is 1. The topological polar surface area (TPSA) is 26.3 Å². The van der Waals surface area contributed by atoms with Gasteiger partial charge in [0, 0.05) is 12.7 Å². The second-order valence-electron chi connectivity index (χ2n) is 1.99. The van der Waals surface area contributed by atoms with Crippen LogP contribution in [0.15, 0.2) is 11.0 Å². The minimum absolute atomic E-state index is 0.151. The molecule has 4 heteroatoms. The predicted molar refractivity (Wildman–Crippen MR) is 41.9 cm³/mol. The van der Waals surface area contributed by atoms with Crippen LogP contribution in [0.25, 0.3) is 0 Å². The minimum Gasteiger partial charge on any atom is -0.347 e. The average molecular weight is 179 g/mol. The highest BCUT2D eigenvalue weighted by Crippen LogP contribution is 2.41. The summed E-state index contributed by atoms with van der Waals surface area (Å²) >= 11 is 6.93. The third kappa shape index (κ3) is 1.09. The molecule has 0 bridgehead atoms. The van der Waals surface area contributed by atoms with Gasteiger partial charge >= 0.3 is 0 Å². The van der Waals surface area contributed by atoms with Crippen LogP contribution in [0.1, 0.15) is 6.92 Å². The van der Waals surface area contributed by atoms with Crippen molar-refractivity contribution in [2.45, 2.75) is 11.3 Å². The highest BCUT2D eigenvalue weighted by molar-refractivity contribution is 8.05. The monoisotopic (exact) mass is 178 g/mol. The van der Waals surface area contributed by atoms with E-state index in [9.17, 15) is 4.79 Å². The van der Waals surface area contributed by atoms with Gasteiger partial charge in [-0.1, -0.05) is 23.4 Å². The molecule has 1 aliphatic rings. The highest BCUT2D eigenvalue weighted by atomic mass is 35.5. The van der Waals surface area contributed by atoms with Crippen LogP contribution in [0.2, 0.25) is 0 Å². The molecule has 0 radical (unpaired) electrons. The van der Waals surface area contributed by atoms with Crippen LogP contribution in [0, 0.1) is 0 Å². The Balaban J connectivity index is 2.82. The van der Waals surface area contributed by atoms with Crippen molar-refractivity contribution in [1.29, 1.82) is 0 Å². The number of carbonyl (C=O) groups excluding carboxylic acids is 1. The van der Waals surface area contributed by atoms with Crippen LogP contribution in [0.4, 0.5) is 0 Å². The lowest BCUT2D eigenvalue weighted by atomic mass is 10.2. The van der Waals surface area contributed by atoms with Gasteiger partial charge in [-0.25, -0.2) is 0 Å². The fourth-order valence-corrected chi connectivity index (χ4v) is 1.73. The van der Waals surface area contributed by atoms with E-state index in [-0.39, 0.29) is 5.78 Å². The van der Waals surface area contributed by atoms with E-state index in [4.69, 9.17) is 16.3 Å². The molecule has 0 aromatic heterocycles. The lowest BCUT2D eigenvalue weighted by molar-refractivity contribution is -0.122. The largest absolute Gasteiger partial charge is 0.347 e. The Bertz CT molecular complexity index is 202. The van der Waals surface area contributed by atoms with Gasteiger partial charge in [0.25, 0.3) is 4.39 Å². The zero-order chi connectivity index (χ0) is 7.78. The zero-order valence-electron chi connectivity index (χ0n) is 5.68. The molecule has 0 amide bonds. The predicted octanol–water partition coefficient (Wildman–Crippen LogP) is 1.75. The van der Waals surface area contributed by atoms with E-state index in [1.807, 2.05) is 0 Å². The van der Waals surface area contributed by atoms with Crippen molar-refractivity contribution in [2.24, 2.45) is 0 Å². The van der Waals surface area contributed by atoms with E-state index >= 15 is 0 Å². The lowest BCUT2D eigenvalue weighted by Gasteiger charge is -2.15. The van der Waals surface area contributed by atoms with Gasteiger partial charge in [-0.3, -0.25) is 4.79 Å². The second kappa shape index (κ2) is 2.57. The first-order chi connectivity index (χ1) is 4.60. The van der Waals surface area contributed by atoms with Crippen molar-refractivity contribution < 1.29 is 9.53 Å².